The molecule has 2 atom stereocenters. The van der Waals surface area contributed by atoms with E-state index in [0.717, 1.165) is 6.54 Å². The summed E-state index contributed by atoms with van der Waals surface area (Å²) in [5.74, 6) is 1.15. The molecule has 1 saturated carbocycles. The molecule has 0 aliphatic heterocycles. The highest BCUT2D eigenvalue weighted by Crippen LogP contribution is 2.39. The van der Waals surface area contributed by atoms with Gasteiger partial charge in [0.15, 0.2) is 0 Å². The van der Waals surface area contributed by atoms with Gasteiger partial charge < -0.3 is 5.32 Å². The predicted octanol–water partition coefficient (Wildman–Crippen LogP) is 4.10. The van der Waals surface area contributed by atoms with Crippen LogP contribution in [-0.2, 0) is 0 Å². The summed E-state index contributed by atoms with van der Waals surface area (Å²) < 4.78 is 13.0. The molecule has 1 nitrogen and oxygen atoms in total. The standard InChI is InChI=1S/C16H24FN/c1-16(2,3)18-11-13-5-4-6-15(13)12-7-9-14(17)10-8-12/h7-10,13,15,18H,4-6,11H2,1-3H3. The fraction of sp³-hybridized carbons (Fsp3) is 0.625. The van der Waals surface area contributed by atoms with Crippen LogP contribution in [-0.4, -0.2) is 12.1 Å². The molecule has 100 valence electrons. The lowest BCUT2D eigenvalue weighted by Crippen LogP contribution is -2.39. The van der Waals surface area contributed by atoms with Gasteiger partial charge >= 0.3 is 0 Å². The molecule has 1 aliphatic carbocycles. The molecule has 18 heavy (non-hydrogen) atoms. The molecule has 1 N–H and O–H groups in total. The Balaban J connectivity index is 2.01. The zero-order valence-electron chi connectivity index (χ0n) is 11.7. The average molecular weight is 249 g/mol. The molecule has 0 aromatic heterocycles. The van der Waals surface area contributed by atoms with Gasteiger partial charge in [-0.3, -0.25) is 0 Å². The summed E-state index contributed by atoms with van der Waals surface area (Å²) in [6, 6.07) is 7.08. The van der Waals surface area contributed by atoms with E-state index in [0.29, 0.717) is 11.8 Å². The first-order chi connectivity index (χ1) is 8.46. The van der Waals surface area contributed by atoms with Crippen LogP contribution in [0.3, 0.4) is 0 Å². The van der Waals surface area contributed by atoms with E-state index >= 15 is 0 Å². The molecule has 1 aliphatic rings. The minimum atomic E-state index is -0.138. The van der Waals surface area contributed by atoms with Crippen molar-refractivity contribution < 1.29 is 4.39 Å². The van der Waals surface area contributed by atoms with Gasteiger partial charge in [-0.1, -0.05) is 18.6 Å². The van der Waals surface area contributed by atoms with Gasteiger partial charge in [-0.15, -0.1) is 0 Å². The van der Waals surface area contributed by atoms with Gasteiger partial charge in [0.05, 0.1) is 0 Å². The van der Waals surface area contributed by atoms with E-state index in [4.69, 9.17) is 0 Å². The van der Waals surface area contributed by atoms with Gasteiger partial charge in [0, 0.05) is 5.54 Å². The van der Waals surface area contributed by atoms with Gasteiger partial charge in [0.2, 0.25) is 0 Å². The maximum atomic E-state index is 13.0. The number of hydrogen-bond donors (Lipinski definition) is 1. The van der Waals surface area contributed by atoms with Crippen molar-refractivity contribution in [2.45, 2.75) is 51.5 Å². The van der Waals surface area contributed by atoms with E-state index in [1.165, 1.54) is 24.8 Å². The number of hydrogen-bond acceptors (Lipinski definition) is 1. The van der Waals surface area contributed by atoms with Gasteiger partial charge in [-0.05, 0) is 69.7 Å². The van der Waals surface area contributed by atoms with Gasteiger partial charge in [-0.2, -0.15) is 0 Å². The van der Waals surface area contributed by atoms with Crippen LogP contribution in [0.5, 0.6) is 0 Å². The van der Waals surface area contributed by atoms with Crippen molar-refractivity contribution in [3.05, 3.63) is 35.6 Å². The third kappa shape index (κ3) is 3.55. The first-order valence-electron chi connectivity index (χ1n) is 6.96. The SMILES string of the molecule is CC(C)(C)NCC1CCCC1c1ccc(F)cc1. The summed E-state index contributed by atoms with van der Waals surface area (Å²) >= 11 is 0. The van der Waals surface area contributed by atoms with Crippen LogP contribution in [0.2, 0.25) is 0 Å². The highest BCUT2D eigenvalue weighted by molar-refractivity contribution is 5.22. The number of nitrogens with one attached hydrogen (secondary N) is 1. The van der Waals surface area contributed by atoms with Crippen molar-refractivity contribution >= 4 is 0 Å². The lowest BCUT2D eigenvalue weighted by atomic mass is 9.88. The largest absolute Gasteiger partial charge is 0.312 e. The monoisotopic (exact) mass is 249 g/mol. The number of benzene rings is 1. The summed E-state index contributed by atoms with van der Waals surface area (Å²) in [5.41, 5.74) is 1.48. The van der Waals surface area contributed by atoms with Crippen molar-refractivity contribution in [2.24, 2.45) is 5.92 Å². The van der Waals surface area contributed by atoms with E-state index in [1.807, 2.05) is 12.1 Å². The van der Waals surface area contributed by atoms with Crippen LogP contribution >= 0.6 is 0 Å². The molecular formula is C16H24FN. The fourth-order valence-electron chi connectivity index (χ4n) is 2.87. The van der Waals surface area contributed by atoms with Crippen LogP contribution in [0.15, 0.2) is 24.3 Å². The molecule has 2 rings (SSSR count). The van der Waals surface area contributed by atoms with Crippen LogP contribution in [0, 0.1) is 11.7 Å². The second-order valence-electron chi connectivity index (χ2n) is 6.48. The van der Waals surface area contributed by atoms with E-state index in [2.05, 4.69) is 26.1 Å². The van der Waals surface area contributed by atoms with E-state index in [-0.39, 0.29) is 11.4 Å². The summed E-state index contributed by atoms with van der Waals surface area (Å²) in [6.07, 6.45) is 3.81. The van der Waals surface area contributed by atoms with Crippen LogP contribution in [0.1, 0.15) is 51.5 Å². The zero-order chi connectivity index (χ0) is 13.2. The van der Waals surface area contributed by atoms with E-state index in [9.17, 15) is 4.39 Å². The third-order valence-corrected chi connectivity index (χ3v) is 3.85. The Hall–Kier alpha value is -0.890. The van der Waals surface area contributed by atoms with Gasteiger partial charge in [0.25, 0.3) is 0 Å². The van der Waals surface area contributed by atoms with Crippen LogP contribution < -0.4 is 5.32 Å². The van der Waals surface area contributed by atoms with Crippen LogP contribution in [0.25, 0.3) is 0 Å². The number of rotatable bonds is 3. The second kappa shape index (κ2) is 5.40. The Labute approximate surface area is 110 Å². The highest BCUT2D eigenvalue weighted by atomic mass is 19.1. The van der Waals surface area contributed by atoms with E-state index < -0.39 is 0 Å². The molecule has 0 bridgehead atoms. The quantitative estimate of drug-likeness (QED) is 0.850. The minimum Gasteiger partial charge on any atom is -0.312 e. The lowest BCUT2D eigenvalue weighted by molar-refractivity contribution is 0.356. The van der Waals surface area contributed by atoms with Crippen LogP contribution in [0.4, 0.5) is 4.39 Å². The predicted molar refractivity (Wildman–Crippen MR) is 74.2 cm³/mol. The Kier molecular flexibility index (Phi) is 4.06. The van der Waals surface area contributed by atoms with Crippen molar-refractivity contribution in [1.29, 1.82) is 0 Å². The third-order valence-electron chi connectivity index (χ3n) is 3.85. The molecule has 0 heterocycles. The maximum absolute atomic E-state index is 13.0. The Bertz CT molecular complexity index is 377. The Morgan fingerprint density at radius 3 is 2.44 bits per heavy atom. The lowest BCUT2D eigenvalue weighted by Gasteiger charge is -2.26. The molecule has 1 aromatic rings. The average Bonchev–Trinajstić information content (AvgIpc) is 2.75. The molecule has 1 aromatic carbocycles. The summed E-state index contributed by atoms with van der Waals surface area (Å²) in [4.78, 5) is 0. The smallest absolute Gasteiger partial charge is 0.123 e. The van der Waals surface area contributed by atoms with Crippen molar-refractivity contribution in [1.82, 2.24) is 5.32 Å². The first kappa shape index (κ1) is 13.5. The topological polar surface area (TPSA) is 12.0 Å². The Morgan fingerprint density at radius 2 is 1.83 bits per heavy atom. The first-order valence-corrected chi connectivity index (χ1v) is 6.96. The summed E-state index contributed by atoms with van der Waals surface area (Å²) in [6.45, 7) is 7.67. The molecule has 0 radical (unpaired) electrons. The normalized spacial score (nSPS) is 24.4. The van der Waals surface area contributed by atoms with Gasteiger partial charge in [0.1, 0.15) is 5.82 Å². The van der Waals surface area contributed by atoms with Crippen molar-refractivity contribution in [2.75, 3.05) is 6.54 Å². The molecule has 2 unspecified atom stereocenters. The fourth-order valence-corrected chi connectivity index (χ4v) is 2.87. The molecule has 0 saturated heterocycles. The Morgan fingerprint density at radius 1 is 1.17 bits per heavy atom. The molecule has 0 amide bonds. The second-order valence-corrected chi connectivity index (χ2v) is 6.48. The minimum absolute atomic E-state index is 0.138. The van der Waals surface area contributed by atoms with E-state index in [1.54, 1.807) is 12.1 Å². The molecule has 2 heteroatoms. The molecule has 0 spiro atoms. The number of halogens is 1. The van der Waals surface area contributed by atoms with Crippen molar-refractivity contribution in [3.8, 4) is 0 Å². The molecule has 1 fully saturated rings. The summed E-state index contributed by atoms with van der Waals surface area (Å²) in [5, 5.41) is 3.60. The van der Waals surface area contributed by atoms with Crippen molar-refractivity contribution in [3.63, 3.8) is 0 Å². The summed E-state index contributed by atoms with van der Waals surface area (Å²) in [7, 11) is 0. The molecular weight excluding hydrogens is 225 g/mol. The maximum Gasteiger partial charge on any atom is 0.123 e. The van der Waals surface area contributed by atoms with Gasteiger partial charge in [-0.25, -0.2) is 4.39 Å². The zero-order valence-corrected chi connectivity index (χ0v) is 11.7. The highest BCUT2D eigenvalue weighted by Gasteiger charge is 2.29.